The average molecular weight is 378 g/mol. The zero-order valence-electron chi connectivity index (χ0n) is 14.9. The molecule has 1 amide bonds. The fourth-order valence-electron chi connectivity index (χ4n) is 3.71. The van der Waals surface area contributed by atoms with E-state index in [1.807, 2.05) is 16.2 Å². The normalized spacial score (nSPS) is 21.5. The van der Waals surface area contributed by atoms with E-state index in [-0.39, 0.29) is 5.91 Å². The van der Waals surface area contributed by atoms with Crippen molar-refractivity contribution in [2.75, 3.05) is 39.0 Å². The fourth-order valence-corrected chi connectivity index (χ4v) is 6.06. The van der Waals surface area contributed by atoms with Crippen LogP contribution in [-0.2, 0) is 17.6 Å². The van der Waals surface area contributed by atoms with Gasteiger partial charge in [0.15, 0.2) is 0 Å². The van der Waals surface area contributed by atoms with Crippen LogP contribution in [0, 0.1) is 5.92 Å². The zero-order chi connectivity index (χ0) is 17.4. The highest BCUT2D eigenvalue weighted by Crippen LogP contribution is 2.40. The third kappa shape index (κ3) is 3.55. The first kappa shape index (κ1) is 17.2. The van der Waals surface area contributed by atoms with Crippen molar-refractivity contribution in [1.29, 1.82) is 0 Å². The molecule has 0 bridgehead atoms. The lowest BCUT2D eigenvalue weighted by atomic mass is 9.89. The molecule has 2 aliphatic rings. The van der Waals surface area contributed by atoms with Crippen LogP contribution < -0.4 is 4.90 Å². The van der Waals surface area contributed by atoms with Gasteiger partial charge in [-0.3, -0.25) is 4.79 Å². The monoisotopic (exact) mass is 377 g/mol. The van der Waals surface area contributed by atoms with E-state index in [4.69, 9.17) is 0 Å². The number of nitrogens with zero attached hydrogens (tertiary/aromatic N) is 3. The van der Waals surface area contributed by atoms with Crippen LogP contribution in [0.5, 0.6) is 0 Å². The van der Waals surface area contributed by atoms with Gasteiger partial charge in [0.25, 0.3) is 0 Å². The van der Waals surface area contributed by atoms with E-state index in [1.54, 1.807) is 18.1 Å². The summed E-state index contributed by atoms with van der Waals surface area (Å²) in [5, 5.41) is 2.21. The molecule has 0 saturated carbocycles. The number of aromatic nitrogens is 2. The van der Waals surface area contributed by atoms with E-state index in [1.165, 1.54) is 27.1 Å². The van der Waals surface area contributed by atoms with Crippen molar-refractivity contribution in [2.24, 2.45) is 5.92 Å². The number of rotatable bonds is 3. The second-order valence-electron chi connectivity index (χ2n) is 7.34. The number of hydrogen-bond acceptors (Lipinski definition) is 5. The maximum atomic E-state index is 12.5. The first-order valence-electron chi connectivity index (χ1n) is 9.09. The molecule has 134 valence electrons. The van der Waals surface area contributed by atoms with Gasteiger partial charge in [-0.2, -0.15) is 0 Å². The number of thioether (sulfide) groups is 1. The Morgan fingerprint density at radius 3 is 3.00 bits per heavy atom. The Morgan fingerprint density at radius 2 is 2.20 bits per heavy atom. The highest BCUT2D eigenvalue weighted by Gasteiger charge is 2.25. The summed E-state index contributed by atoms with van der Waals surface area (Å²) in [6, 6.07) is 0. The van der Waals surface area contributed by atoms with Crippen molar-refractivity contribution < 1.29 is 9.69 Å². The first-order valence-corrected chi connectivity index (χ1v) is 10.9. The molecule has 1 aliphatic heterocycles. The standard InChI is InChI=1S/C18H24N4OS2/c1-12-3-4-13-14(9-12)25-18-16(13)17(19-11-20-18)24-10-15(23)22-7-5-21(2)6-8-22/h11-12H,3-10H2,1-2H3/p+1/t12-/m0/s1. The molecule has 2 aromatic rings. The molecular weight excluding hydrogens is 352 g/mol. The lowest BCUT2D eigenvalue weighted by Gasteiger charge is -2.30. The van der Waals surface area contributed by atoms with E-state index in [2.05, 4.69) is 23.9 Å². The van der Waals surface area contributed by atoms with Crippen molar-refractivity contribution in [3.8, 4) is 0 Å². The van der Waals surface area contributed by atoms with Crippen LogP contribution in [0.1, 0.15) is 23.8 Å². The van der Waals surface area contributed by atoms with Crippen molar-refractivity contribution >= 4 is 39.2 Å². The number of fused-ring (bicyclic) bond motifs is 3. The van der Waals surface area contributed by atoms with Gasteiger partial charge >= 0.3 is 0 Å². The predicted octanol–water partition coefficient (Wildman–Crippen LogP) is 1.27. The topological polar surface area (TPSA) is 50.5 Å². The van der Waals surface area contributed by atoms with Crippen molar-refractivity contribution in [3.63, 3.8) is 0 Å². The SMILES string of the molecule is C[C@H]1CCc2c(sc3ncnc(SCC(=O)N4CC[NH+](C)CC4)c23)C1. The summed E-state index contributed by atoms with van der Waals surface area (Å²) < 4.78 is 0. The Kier molecular flexibility index (Phi) is 4.97. The quantitative estimate of drug-likeness (QED) is 0.646. The number of carbonyl (C=O) groups is 1. The smallest absolute Gasteiger partial charge is 0.233 e. The van der Waals surface area contributed by atoms with Gasteiger partial charge < -0.3 is 9.80 Å². The molecule has 5 nitrogen and oxygen atoms in total. The van der Waals surface area contributed by atoms with Crippen molar-refractivity contribution in [1.82, 2.24) is 14.9 Å². The van der Waals surface area contributed by atoms with Gasteiger partial charge in [0, 0.05) is 10.3 Å². The molecule has 2 aromatic heterocycles. The molecule has 0 aromatic carbocycles. The summed E-state index contributed by atoms with van der Waals surface area (Å²) in [4.78, 5) is 27.6. The maximum absolute atomic E-state index is 12.5. The molecule has 1 atom stereocenters. The first-order chi connectivity index (χ1) is 12.1. The summed E-state index contributed by atoms with van der Waals surface area (Å²) in [6.45, 7) is 6.16. The molecule has 1 aliphatic carbocycles. The third-order valence-corrected chi connectivity index (χ3v) is 7.50. The van der Waals surface area contributed by atoms with E-state index >= 15 is 0 Å². The van der Waals surface area contributed by atoms with Gasteiger partial charge in [-0.15, -0.1) is 11.3 Å². The van der Waals surface area contributed by atoms with Gasteiger partial charge in [-0.05, 0) is 30.7 Å². The number of nitrogens with one attached hydrogen (secondary N) is 1. The second kappa shape index (κ2) is 7.21. The van der Waals surface area contributed by atoms with Gasteiger partial charge in [-0.25, -0.2) is 9.97 Å². The molecule has 0 radical (unpaired) electrons. The average Bonchev–Trinajstić information content (AvgIpc) is 2.98. The molecule has 1 saturated heterocycles. The number of quaternary nitrogens is 1. The largest absolute Gasteiger partial charge is 0.334 e. The maximum Gasteiger partial charge on any atom is 0.233 e. The van der Waals surface area contributed by atoms with Gasteiger partial charge in [0.2, 0.25) is 5.91 Å². The van der Waals surface area contributed by atoms with Gasteiger partial charge in [-0.1, -0.05) is 18.7 Å². The molecule has 25 heavy (non-hydrogen) atoms. The Labute approximate surface area is 156 Å². The number of carbonyl (C=O) groups excluding carboxylic acids is 1. The Morgan fingerprint density at radius 1 is 1.40 bits per heavy atom. The summed E-state index contributed by atoms with van der Waals surface area (Å²) >= 11 is 3.41. The predicted molar refractivity (Wildman–Crippen MR) is 103 cm³/mol. The molecule has 1 fully saturated rings. The molecule has 0 unspecified atom stereocenters. The van der Waals surface area contributed by atoms with Crippen LogP contribution in [-0.4, -0.2) is 59.8 Å². The number of hydrogen-bond donors (Lipinski definition) is 1. The molecular formula is C18H25N4OS2+. The summed E-state index contributed by atoms with van der Waals surface area (Å²) in [5.74, 6) is 1.47. The zero-order valence-corrected chi connectivity index (χ0v) is 16.5. The van der Waals surface area contributed by atoms with E-state index in [0.717, 1.165) is 54.8 Å². The second-order valence-corrected chi connectivity index (χ2v) is 9.38. The number of likely N-dealkylation sites (N-methyl/N-ethyl adjacent to an activating group) is 1. The Hall–Kier alpha value is -1.18. The molecule has 0 spiro atoms. The number of aryl methyl sites for hydroxylation is 1. The molecule has 7 heteroatoms. The van der Waals surface area contributed by atoms with Gasteiger partial charge in [0.05, 0.1) is 39.0 Å². The Bertz CT molecular complexity index is 783. The lowest BCUT2D eigenvalue weighted by molar-refractivity contribution is -0.883. The van der Waals surface area contributed by atoms with E-state index in [9.17, 15) is 4.79 Å². The third-order valence-electron chi connectivity index (χ3n) is 5.36. The highest BCUT2D eigenvalue weighted by atomic mass is 32.2. The minimum absolute atomic E-state index is 0.238. The summed E-state index contributed by atoms with van der Waals surface area (Å²) in [5.41, 5.74) is 1.44. The number of piperazine rings is 1. The van der Waals surface area contributed by atoms with Crippen LogP contribution in [0.3, 0.4) is 0 Å². The minimum Gasteiger partial charge on any atom is -0.334 e. The number of thiophene rings is 1. The van der Waals surface area contributed by atoms with Crippen LogP contribution in [0.25, 0.3) is 10.2 Å². The molecule has 1 N–H and O–H groups in total. The van der Waals surface area contributed by atoms with Crippen LogP contribution in [0.4, 0.5) is 0 Å². The van der Waals surface area contributed by atoms with Crippen LogP contribution >= 0.6 is 23.1 Å². The van der Waals surface area contributed by atoms with Crippen LogP contribution in [0.15, 0.2) is 11.4 Å². The van der Waals surface area contributed by atoms with Crippen molar-refractivity contribution in [3.05, 3.63) is 16.8 Å². The fraction of sp³-hybridized carbons (Fsp3) is 0.611. The van der Waals surface area contributed by atoms with E-state index in [0.29, 0.717) is 5.75 Å². The molecule has 4 rings (SSSR count). The summed E-state index contributed by atoms with van der Waals surface area (Å²) in [6.07, 6.45) is 5.16. The Balaban J connectivity index is 1.51. The van der Waals surface area contributed by atoms with Gasteiger partial charge in [0.1, 0.15) is 16.2 Å². The lowest BCUT2D eigenvalue weighted by Crippen LogP contribution is -3.12. The molecule has 3 heterocycles. The van der Waals surface area contributed by atoms with Crippen LogP contribution in [0.2, 0.25) is 0 Å². The highest BCUT2D eigenvalue weighted by molar-refractivity contribution is 8.00. The summed E-state index contributed by atoms with van der Waals surface area (Å²) in [7, 11) is 2.19. The van der Waals surface area contributed by atoms with E-state index < -0.39 is 0 Å². The minimum atomic E-state index is 0.238. The van der Waals surface area contributed by atoms with Crippen molar-refractivity contribution in [2.45, 2.75) is 31.2 Å². The number of amides is 1.